The molecule has 0 atom stereocenters. The molecule has 0 unspecified atom stereocenters. The van der Waals surface area contributed by atoms with Crippen molar-refractivity contribution in [2.45, 2.75) is 19.8 Å². The van der Waals surface area contributed by atoms with E-state index in [-0.39, 0.29) is 24.7 Å². The minimum Gasteiger partial charge on any atom is -0.494 e. The summed E-state index contributed by atoms with van der Waals surface area (Å²) in [6.45, 7) is 2.49. The molecule has 26 heavy (non-hydrogen) atoms. The number of benzene rings is 2. The van der Waals surface area contributed by atoms with Crippen LogP contribution in [0.3, 0.4) is 0 Å². The lowest BCUT2D eigenvalue weighted by atomic mass is 10.2. The van der Waals surface area contributed by atoms with Gasteiger partial charge in [-0.25, -0.2) is 5.43 Å². The molecule has 0 bridgehead atoms. The van der Waals surface area contributed by atoms with Crippen LogP contribution in [0.1, 0.15) is 25.3 Å². The van der Waals surface area contributed by atoms with E-state index >= 15 is 0 Å². The first-order chi connectivity index (χ1) is 12.6. The molecule has 6 nitrogen and oxygen atoms in total. The topological polar surface area (TPSA) is 79.8 Å². The van der Waals surface area contributed by atoms with Gasteiger partial charge < -0.3 is 10.1 Å². The minimum atomic E-state index is -0.336. The molecule has 136 valence electrons. The number of rotatable bonds is 8. The lowest BCUT2D eigenvalue weighted by Gasteiger charge is -2.07. The summed E-state index contributed by atoms with van der Waals surface area (Å²) in [6, 6.07) is 14.1. The van der Waals surface area contributed by atoms with Gasteiger partial charge in [-0.05, 0) is 48.9 Å². The maximum Gasteiger partial charge on any atom is 0.240 e. The Morgan fingerprint density at radius 1 is 1.04 bits per heavy atom. The molecule has 0 radical (unpaired) electrons. The second-order valence-electron chi connectivity index (χ2n) is 5.35. The molecule has 0 heterocycles. The van der Waals surface area contributed by atoms with Crippen molar-refractivity contribution in [3.05, 3.63) is 59.1 Å². The van der Waals surface area contributed by atoms with Crippen LogP contribution in [0.2, 0.25) is 5.02 Å². The van der Waals surface area contributed by atoms with E-state index in [2.05, 4.69) is 15.8 Å². The average molecular weight is 374 g/mol. The fourth-order valence-corrected chi connectivity index (χ4v) is 2.16. The van der Waals surface area contributed by atoms with Crippen LogP contribution in [0.15, 0.2) is 53.6 Å². The summed E-state index contributed by atoms with van der Waals surface area (Å²) < 4.78 is 5.33. The first-order valence-electron chi connectivity index (χ1n) is 8.17. The number of hydrazone groups is 1. The molecular formula is C19H20ClN3O3. The number of carbonyl (C=O) groups excluding carboxylic acids is 2. The van der Waals surface area contributed by atoms with Gasteiger partial charge >= 0.3 is 0 Å². The lowest BCUT2D eigenvalue weighted by Crippen LogP contribution is -2.20. The van der Waals surface area contributed by atoms with E-state index in [4.69, 9.17) is 16.3 Å². The zero-order valence-corrected chi connectivity index (χ0v) is 15.1. The van der Waals surface area contributed by atoms with Crippen LogP contribution in [-0.4, -0.2) is 24.6 Å². The zero-order chi connectivity index (χ0) is 18.8. The number of carbonyl (C=O) groups is 2. The van der Waals surface area contributed by atoms with Gasteiger partial charge in [0.25, 0.3) is 0 Å². The van der Waals surface area contributed by atoms with Crippen LogP contribution in [0.4, 0.5) is 5.69 Å². The Labute approximate surface area is 157 Å². The largest absolute Gasteiger partial charge is 0.494 e. The lowest BCUT2D eigenvalue weighted by molar-refractivity contribution is -0.124. The van der Waals surface area contributed by atoms with Crippen LogP contribution in [0.5, 0.6) is 5.75 Å². The SMILES string of the molecule is CCOc1ccc(NC(=O)CCC(=O)N/N=C/c2ccc(Cl)cc2)cc1. The molecule has 0 aliphatic heterocycles. The minimum absolute atomic E-state index is 0.0425. The summed E-state index contributed by atoms with van der Waals surface area (Å²) in [5.41, 5.74) is 3.85. The van der Waals surface area contributed by atoms with Crippen LogP contribution in [-0.2, 0) is 9.59 Å². The van der Waals surface area contributed by atoms with Crippen molar-refractivity contribution in [3.8, 4) is 5.75 Å². The predicted molar refractivity (Wildman–Crippen MR) is 103 cm³/mol. The molecule has 2 N–H and O–H groups in total. The molecule has 7 heteroatoms. The second kappa shape index (κ2) is 10.2. The standard InChI is InChI=1S/C19H20ClN3O3/c1-2-26-17-9-7-16(8-10-17)22-18(24)11-12-19(25)23-21-13-14-3-5-15(20)6-4-14/h3-10,13H,2,11-12H2,1H3,(H,22,24)(H,23,25)/b21-13+. The van der Waals surface area contributed by atoms with Crippen molar-refractivity contribution in [1.29, 1.82) is 0 Å². The molecule has 2 aromatic rings. The molecule has 2 rings (SSSR count). The monoisotopic (exact) mass is 373 g/mol. The van der Waals surface area contributed by atoms with Crippen molar-refractivity contribution in [2.75, 3.05) is 11.9 Å². The predicted octanol–water partition coefficient (Wildman–Crippen LogP) is 3.61. The highest BCUT2D eigenvalue weighted by atomic mass is 35.5. The second-order valence-corrected chi connectivity index (χ2v) is 5.79. The van der Waals surface area contributed by atoms with E-state index in [0.29, 0.717) is 17.3 Å². The van der Waals surface area contributed by atoms with Crippen molar-refractivity contribution in [3.63, 3.8) is 0 Å². The summed E-state index contributed by atoms with van der Waals surface area (Å²) in [5, 5.41) is 7.20. The van der Waals surface area contributed by atoms with Gasteiger partial charge in [0.1, 0.15) is 5.75 Å². The van der Waals surface area contributed by atoms with Crippen molar-refractivity contribution in [2.24, 2.45) is 5.10 Å². The normalized spacial score (nSPS) is 10.5. The third-order valence-electron chi connectivity index (χ3n) is 3.30. The molecule has 0 fully saturated rings. The van der Waals surface area contributed by atoms with Gasteiger partial charge in [0.2, 0.25) is 11.8 Å². The van der Waals surface area contributed by atoms with E-state index in [1.807, 2.05) is 6.92 Å². The Morgan fingerprint density at radius 2 is 1.69 bits per heavy atom. The molecule has 0 saturated carbocycles. The van der Waals surface area contributed by atoms with Crippen molar-refractivity contribution >= 4 is 35.3 Å². The van der Waals surface area contributed by atoms with E-state index < -0.39 is 0 Å². The number of ether oxygens (including phenoxy) is 1. The third-order valence-corrected chi connectivity index (χ3v) is 3.55. The summed E-state index contributed by atoms with van der Waals surface area (Å²) in [5.74, 6) is 0.159. The molecule has 0 spiro atoms. The average Bonchev–Trinajstić information content (AvgIpc) is 2.63. The highest BCUT2D eigenvalue weighted by Crippen LogP contribution is 2.15. The molecular weight excluding hydrogens is 354 g/mol. The number of hydrogen-bond donors (Lipinski definition) is 2. The van der Waals surface area contributed by atoms with Crippen LogP contribution >= 0.6 is 11.6 Å². The van der Waals surface area contributed by atoms with Gasteiger partial charge in [0, 0.05) is 23.6 Å². The van der Waals surface area contributed by atoms with Crippen LogP contribution in [0.25, 0.3) is 0 Å². The van der Waals surface area contributed by atoms with Crippen molar-refractivity contribution in [1.82, 2.24) is 5.43 Å². The Morgan fingerprint density at radius 3 is 2.35 bits per heavy atom. The summed E-state index contributed by atoms with van der Waals surface area (Å²) in [6.07, 6.45) is 1.62. The summed E-state index contributed by atoms with van der Waals surface area (Å²) in [4.78, 5) is 23.6. The highest BCUT2D eigenvalue weighted by Gasteiger charge is 2.07. The maximum absolute atomic E-state index is 11.9. The summed E-state index contributed by atoms with van der Waals surface area (Å²) in [7, 11) is 0. The molecule has 0 aromatic heterocycles. The van der Waals surface area contributed by atoms with Gasteiger partial charge in [0.05, 0.1) is 12.8 Å². The number of amides is 2. The van der Waals surface area contributed by atoms with E-state index in [1.54, 1.807) is 48.5 Å². The summed E-state index contributed by atoms with van der Waals surface area (Å²) >= 11 is 5.79. The van der Waals surface area contributed by atoms with E-state index in [9.17, 15) is 9.59 Å². The number of halogens is 1. The molecule has 2 amide bonds. The molecule has 0 aliphatic rings. The molecule has 0 saturated heterocycles. The van der Waals surface area contributed by atoms with Gasteiger partial charge in [-0.1, -0.05) is 23.7 Å². The zero-order valence-electron chi connectivity index (χ0n) is 14.4. The highest BCUT2D eigenvalue weighted by molar-refractivity contribution is 6.30. The van der Waals surface area contributed by atoms with Gasteiger partial charge in [0.15, 0.2) is 0 Å². The van der Waals surface area contributed by atoms with Gasteiger partial charge in [-0.15, -0.1) is 0 Å². The number of anilines is 1. The Balaban J connectivity index is 1.70. The van der Waals surface area contributed by atoms with Crippen molar-refractivity contribution < 1.29 is 14.3 Å². The first-order valence-corrected chi connectivity index (χ1v) is 8.55. The fraction of sp³-hybridized carbons (Fsp3) is 0.211. The third kappa shape index (κ3) is 6.94. The van der Waals surface area contributed by atoms with Crippen LogP contribution in [0, 0.1) is 0 Å². The van der Waals surface area contributed by atoms with E-state index in [0.717, 1.165) is 11.3 Å². The number of nitrogens with one attached hydrogen (secondary N) is 2. The maximum atomic E-state index is 11.9. The molecule has 0 aliphatic carbocycles. The quantitative estimate of drug-likeness (QED) is 0.548. The van der Waals surface area contributed by atoms with E-state index in [1.165, 1.54) is 6.21 Å². The number of hydrogen-bond acceptors (Lipinski definition) is 4. The fourth-order valence-electron chi connectivity index (χ4n) is 2.04. The Kier molecular flexibility index (Phi) is 7.64. The van der Waals surface area contributed by atoms with Crippen LogP contribution < -0.4 is 15.5 Å². The number of nitrogens with zero attached hydrogens (tertiary/aromatic N) is 1. The Bertz CT molecular complexity index is 759. The van der Waals surface area contributed by atoms with Gasteiger partial charge in [-0.2, -0.15) is 5.10 Å². The smallest absolute Gasteiger partial charge is 0.240 e. The Hall–Kier alpha value is -2.86. The first kappa shape index (κ1) is 19.5. The van der Waals surface area contributed by atoms with Gasteiger partial charge in [-0.3, -0.25) is 9.59 Å². The molecule has 2 aromatic carbocycles.